The van der Waals surface area contributed by atoms with Gasteiger partial charge in [-0.15, -0.1) is 0 Å². The first-order valence-electron chi connectivity index (χ1n) is 5.34. The first kappa shape index (κ1) is 10.4. The van der Waals surface area contributed by atoms with Gasteiger partial charge in [-0.25, -0.2) is 0 Å². The van der Waals surface area contributed by atoms with Crippen molar-refractivity contribution in [1.29, 1.82) is 0 Å². The van der Waals surface area contributed by atoms with Crippen LogP contribution < -0.4 is 10.2 Å². The molecular weight excluding hydrogens is 192 g/mol. The molecule has 1 saturated heterocycles. The van der Waals surface area contributed by atoms with Crippen LogP contribution in [0.25, 0.3) is 0 Å². The van der Waals surface area contributed by atoms with E-state index in [1.54, 1.807) is 0 Å². The molecule has 0 saturated carbocycles. The fourth-order valence-corrected chi connectivity index (χ4v) is 1.83. The van der Waals surface area contributed by atoms with Gasteiger partial charge in [0, 0.05) is 19.5 Å². The normalized spacial score (nSPS) is 20.2. The molecule has 5 heteroatoms. The predicted octanol–water partition coefficient (Wildman–Crippen LogP) is 0.777. The fourth-order valence-electron chi connectivity index (χ4n) is 1.83. The summed E-state index contributed by atoms with van der Waals surface area (Å²) < 4.78 is 5.34. The summed E-state index contributed by atoms with van der Waals surface area (Å²) in [5.41, 5.74) is 0.0481. The van der Waals surface area contributed by atoms with E-state index < -0.39 is 0 Å². The molecule has 1 aliphatic rings. The summed E-state index contributed by atoms with van der Waals surface area (Å²) in [5, 5.41) is 7.29. The third-order valence-corrected chi connectivity index (χ3v) is 3.04. The molecule has 1 aromatic rings. The molecule has 1 aliphatic heterocycles. The predicted molar refractivity (Wildman–Crippen MR) is 58.1 cm³/mol. The molecule has 1 aromatic heterocycles. The van der Waals surface area contributed by atoms with Gasteiger partial charge in [-0.3, -0.25) is 0 Å². The molecule has 2 rings (SSSR count). The van der Waals surface area contributed by atoms with E-state index in [1.807, 2.05) is 19.0 Å². The summed E-state index contributed by atoms with van der Waals surface area (Å²) in [6, 6.07) is 0. The minimum absolute atomic E-state index is 0.0481. The maximum atomic E-state index is 5.34. The highest BCUT2D eigenvalue weighted by atomic mass is 16.5. The number of nitrogens with one attached hydrogen (secondary N) is 1. The second-order valence-corrected chi connectivity index (χ2v) is 4.60. The number of rotatable bonds is 2. The summed E-state index contributed by atoms with van der Waals surface area (Å²) >= 11 is 0. The van der Waals surface area contributed by atoms with Crippen LogP contribution in [-0.4, -0.2) is 37.3 Å². The minimum atomic E-state index is 0.0481. The van der Waals surface area contributed by atoms with Gasteiger partial charge in [-0.2, -0.15) is 4.98 Å². The summed E-state index contributed by atoms with van der Waals surface area (Å²) in [5.74, 6) is 1.43. The Morgan fingerprint density at radius 3 is 2.53 bits per heavy atom. The summed E-state index contributed by atoms with van der Waals surface area (Å²) in [7, 11) is 3.83. The maximum Gasteiger partial charge on any atom is 0.265 e. The van der Waals surface area contributed by atoms with Gasteiger partial charge in [0.05, 0.1) is 0 Å². The highest BCUT2D eigenvalue weighted by Crippen LogP contribution is 2.32. The van der Waals surface area contributed by atoms with Crippen molar-refractivity contribution in [2.24, 2.45) is 0 Å². The second-order valence-electron chi connectivity index (χ2n) is 4.60. The topological polar surface area (TPSA) is 54.2 Å². The van der Waals surface area contributed by atoms with Gasteiger partial charge in [0.1, 0.15) is 0 Å². The van der Waals surface area contributed by atoms with E-state index in [1.165, 1.54) is 0 Å². The Labute approximate surface area is 89.8 Å². The van der Waals surface area contributed by atoms with E-state index in [0.29, 0.717) is 5.95 Å². The van der Waals surface area contributed by atoms with Crippen LogP contribution in [0.15, 0.2) is 4.52 Å². The number of nitrogens with zero attached hydrogens (tertiary/aromatic N) is 3. The maximum absolute atomic E-state index is 5.34. The molecule has 0 unspecified atom stereocenters. The van der Waals surface area contributed by atoms with Crippen LogP contribution in [-0.2, 0) is 5.41 Å². The van der Waals surface area contributed by atoms with Gasteiger partial charge in [0.25, 0.3) is 5.95 Å². The van der Waals surface area contributed by atoms with Crippen LogP contribution in [0.5, 0.6) is 0 Å². The van der Waals surface area contributed by atoms with Crippen molar-refractivity contribution in [3.8, 4) is 0 Å². The van der Waals surface area contributed by atoms with Crippen molar-refractivity contribution in [3.63, 3.8) is 0 Å². The fraction of sp³-hybridized carbons (Fsp3) is 0.800. The van der Waals surface area contributed by atoms with Crippen LogP contribution in [0.4, 0.5) is 5.95 Å². The molecule has 2 heterocycles. The highest BCUT2D eigenvalue weighted by Gasteiger charge is 2.34. The summed E-state index contributed by atoms with van der Waals surface area (Å²) in [6.07, 6.45) is 2.12. The molecular formula is C10H18N4O. The SMILES string of the molecule is CN(C)c1noc(C2(C)CCNCC2)n1. The second kappa shape index (κ2) is 3.81. The van der Waals surface area contributed by atoms with Crippen LogP contribution in [0.1, 0.15) is 25.7 Å². The van der Waals surface area contributed by atoms with E-state index in [4.69, 9.17) is 4.52 Å². The third-order valence-electron chi connectivity index (χ3n) is 3.04. The standard InChI is InChI=1S/C10H18N4O/c1-10(4-6-11-7-5-10)8-12-9(13-15-8)14(2)3/h11H,4-7H2,1-3H3. The van der Waals surface area contributed by atoms with Gasteiger partial charge >= 0.3 is 0 Å². The molecule has 0 bridgehead atoms. The highest BCUT2D eigenvalue weighted by molar-refractivity contribution is 5.25. The number of piperidine rings is 1. The van der Waals surface area contributed by atoms with Crippen molar-refractivity contribution in [1.82, 2.24) is 15.5 Å². The lowest BCUT2D eigenvalue weighted by Crippen LogP contribution is -2.37. The van der Waals surface area contributed by atoms with E-state index in [9.17, 15) is 0 Å². The van der Waals surface area contributed by atoms with E-state index in [-0.39, 0.29) is 5.41 Å². The lowest BCUT2D eigenvalue weighted by molar-refractivity contribution is 0.241. The van der Waals surface area contributed by atoms with Crippen LogP contribution in [0.2, 0.25) is 0 Å². The Bertz CT molecular complexity index is 328. The number of aromatic nitrogens is 2. The smallest absolute Gasteiger partial charge is 0.265 e. The molecule has 0 spiro atoms. The Hall–Kier alpha value is -1.10. The summed E-state index contributed by atoms with van der Waals surface area (Å²) in [6.45, 7) is 4.24. The Balaban J connectivity index is 2.20. The van der Waals surface area contributed by atoms with Crippen molar-refractivity contribution < 1.29 is 4.52 Å². The largest absolute Gasteiger partial charge is 0.344 e. The van der Waals surface area contributed by atoms with E-state index in [2.05, 4.69) is 22.4 Å². The Morgan fingerprint density at radius 1 is 1.33 bits per heavy atom. The molecule has 0 aromatic carbocycles. The van der Waals surface area contributed by atoms with Gasteiger partial charge < -0.3 is 14.7 Å². The quantitative estimate of drug-likeness (QED) is 0.781. The first-order chi connectivity index (χ1) is 7.12. The molecule has 5 nitrogen and oxygen atoms in total. The number of hydrogen-bond donors (Lipinski definition) is 1. The number of hydrogen-bond acceptors (Lipinski definition) is 5. The van der Waals surface area contributed by atoms with Gasteiger partial charge in [0.2, 0.25) is 5.89 Å². The van der Waals surface area contributed by atoms with Crippen molar-refractivity contribution >= 4 is 5.95 Å². The molecule has 1 N–H and O–H groups in total. The molecule has 0 radical (unpaired) electrons. The van der Waals surface area contributed by atoms with Gasteiger partial charge in [0.15, 0.2) is 0 Å². The monoisotopic (exact) mass is 210 g/mol. The number of anilines is 1. The lowest BCUT2D eigenvalue weighted by atomic mass is 9.81. The summed E-state index contributed by atoms with van der Waals surface area (Å²) in [4.78, 5) is 6.28. The minimum Gasteiger partial charge on any atom is -0.344 e. The van der Waals surface area contributed by atoms with E-state index in [0.717, 1.165) is 31.8 Å². The Morgan fingerprint density at radius 2 is 2.00 bits per heavy atom. The van der Waals surface area contributed by atoms with Gasteiger partial charge in [-0.1, -0.05) is 6.92 Å². The first-order valence-corrected chi connectivity index (χ1v) is 5.34. The van der Waals surface area contributed by atoms with E-state index >= 15 is 0 Å². The molecule has 15 heavy (non-hydrogen) atoms. The lowest BCUT2D eigenvalue weighted by Gasteiger charge is -2.30. The molecule has 0 amide bonds. The van der Waals surface area contributed by atoms with Crippen molar-refractivity contribution in [3.05, 3.63) is 5.89 Å². The average Bonchev–Trinajstić information content (AvgIpc) is 2.68. The van der Waals surface area contributed by atoms with Crippen molar-refractivity contribution in [2.45, 2.75) is 25.2 Å². The van der Waals surface area contributed by atoms with Crippen LogP contribution in [0, 0.1) is 0 Å². The van der Waals surface area contributed by atoms with Crippen molar-refractivity contribution in [2.75, 3.05) is 32.1 Å². The molecule has 84 valence electrons. The Kier molecular flexibility index (Phi) is 2.65. The zero-order valence-corrected chi connectivity index (χ0v) is 9.58. The third kappa shape index (κ3) is 1.97. The molecule has 0 aliphatic carbocycles. The van der Waals surface area contributed by atoms with Crippen LogP contribution in [0.3, 0.4) is 0 Å². The van der Waals surface area contributed by atoms with Crippen LogP contribution >= 0.6 is 0 Å². The molecule has 1 fully saturated rings. The molecule has 0 atom stereocenters. The zero-order valence-electron chi connectivity index (χ0n) is 9.58. The zero-order chi connectivity index (χ0) is 10.9. The average molecular weight is 210 g/mol. The van der Waals surface area contributed by atoms with Gasteiger partial charge in [-0.05, 0) is 31.1 Å².